The molecule has 2 aliphatic carbocycles. The van der Waals surface area contributed by atoms with Gasteiger partial charge < -0.3 is 24.1 Å². The van der Waals surface area contributed by atoms with Crippen molar-refractivity contribution in [3.8, 4) is 0 Å². The first-order chi connectivity index (χ1) is 11.8. The number of rotatable bonds is 1. The van der Waals surface area contributed by atoms with E-state index in [0.717, 1.165) is 5.57 Å². The number of esters is 2. The number of carbonyl (C=O) groups is 2. The van der Waals surface area contributed by atoms with Gasteiger partial charge in [-0.1, -0.05) is 13.5 Å². The lowest BCUT2D eigenvalue weighted by molar-refractivity contribution is -0.155. The largest absolute Gasteiger partial charge is 0.459 e. The van der Waals surface area contributed by atoms with Gasteiger partial charge in [0.25, 0.3) is 0 Å². The zero-order valence-corrected chi connectivity index (χ0v) is 13.8. The highest BCUT2D eigenvalue weighted by atomic mass is 16.7. The minimum absolute atomic E-state index is 0.276. The molecular formula is C18H18O7. The monoisotopic (exact) mass is 346 g/mol. The van der Waals surface area contributed by atoms with Crippen LogP contribution >= 0.6 is 0 Å². The van der Waals surface area contributed by atoms with E-state index in [1.54, 1.807) is 13.0 Å². The summed E-state index contributed by atoms with van der Waals surface area (Å²) >= 11 is 0. The number of epoxide rings is 2. The van der Waals surface area contributed by atoms with E-state index in [9.17, 15) is 14.7 Å². The Morgan fingerprint density at radius 2 is 1.92 bits per heavy atom. The van der Waals surface area contributed by atoms with Crippen LogP contribution in [0.1, 0.15) is 13.8 Å². The Morgan fingerprint density at radius 1 is 1.16 bits per heavy atom. The lowest BCUT2D eigenvalue weighted by Gasteiger charge is -2.53. The summed E-state index contributed by atoms with van der Waals surface area (Å²) in [6.07, 6.45) is -0.125. The second kappa shape index (κ2) is 3.70. The standard InChI is InChI=1S/C18H18O7/c1-4-7-18-6(5-8(19)22-7)16(2)11-9(14(18)25-18)24-15(21)17(11,3)12(20)10-13(16)23-10/h4-5,7,9-14,20H,1H2,2-3H3/t7-,9+,10-,11?,12?,13-,14-,16-,17-,18-/m1/s1. The van der Waals surface area contributed by atoms with Crippen LogP contribution in [0.3, 0.4) is 0 Å². The summed E-state index contributed by atoms with van der Waals surface area (Å²) in [5, 5.41) is 10.7. The van der Waals surface area contributed by atoms with E-state index in [1.807, 2.05) is 6.92 Å². The van der Waals surface area contributed by atoms with E-state index in [0.29, 0.717) is 0 Å². The van der Waals surface area contributed by atoms with Crippen LogP contribution < -0.4 is 0 Å². The molecule has 25 heavy (non-hydrogen) atoms. The average Bonchev–Trinajstić information content (AvgIpc) is 3.46. The van der Waals surface area contributed by atoms with Crippen LogP contribution in [0, 0.1) is 16.7 Å². The van der Waals surface area contributed by atoms with Crippen molar-refractivity contribution in [1.29, 1.82) is 0 Å². The minimum atomic E-state index is -1.08. The molecule has 0 aromatic carbocycles. The van der Waals surface area contributed by atoms with Crippen molar-refractivity contribution < 1.29 is 33.6 Å². The summed E-state index contributed by atoms with van der Waals surface area (Å²) in [5.41, 5.74) is -1.78. The highest BCUT2D eigenvalue weighted by molar-refractivity contribution is 5.88. The number of aliphatic hydroxyl groups excluding tert-OH is 1. The Kier molecular flexibility index (Phi) is 2.14. The van der Waals surface area contributed by atoms with Gasteiger partial charge in [-0.05, 0) is 18.6 Å². The van der Waals surface area contributed by atoms with Gasteiger partial charge in [0.1, 0.15) is 23.7 Å². The normalized spacial score (nSPS) is 62.4. The van der Waals surface area contributed by atoms with Gasteiger partial charge >= 0.3 is 11.9 Å². The van der Waals surface area contributed by atoms with E-state index in [4.69, 9.17) is 18.9 Å². The molecule has 1 spiro atoms. The molecule has 4 heterocycles. The third kappa shape index (κ3) is 1.21. The SMILES string of the molecule is C=C[C@H]1OC(=O)C=C2[C@@]13O[C@@H]3[C@H]1OC(=O)[C@@]3(C)C(O)[C@H]4O[C@H]4[C@@]2(C)C13. The van der Waals surface area contributed by atoms with Crippen molar-refractivity contribution in [3.63, 3.8) is 0 Å². The number of hydrogen-bond donors (Lipinski definition) is 1. The molecule has 0 aromatic heterocycles. The summed E-state index contributed by atoms with van der Waals surface area (Å²) in [6, 6.07) is 0. The number of aliphatic hydroxyl groups is 1. The van der Waals surface area contributed by atoms with Crippen LogP contribution in [-0.4, -0.2) is 59.3 Å². The third-order valence-electron chi connectivity index (χ3n) is 7.47. The van der Waals surface area contributed by atoms with Crippen molar-refractivity contribution >= 4 is 11.9 Å². The smallest absolute Gasteiger partial charge is 0.331 e. The van der Waals surface area contributed by atoms with Crippen molar-refractivity contribution in [2.45, 2.75) is 56.1 Å². The van der Waals surface area contributed by atoms with Crippen LogP contribution in [0.5, 0.6) is 0 Å². The second-order valence-corrected chi connectivity index (χ2v) is 8.36. The highest BCUT2D eigenvalue weighted by Crippen LogP contribution is 2.75. The molecule has 5 fully saturated rings. The molecule has 4 aliphatic heterocycles. The van der Waals surface area contributed by atoms with Crippen molar-refractivity contribution in [1.82, 2.24) is 0 Å². The summed E-state index contributed by atoms with van der Waals surface area (Å²) in [7, 11) is 0. The van der Waals surface area contributed by atoms with E-state index in [2.05, 4.69) is 6.58 Å². The van der Waals surface area contributed by atoms with Gasteiger partial charge in [-0.2, -0.15) is 0 Å². The molecule has 2 unspecified atom stereocenters. The van der Waals surface area contributed by atoms with E-state index >= 15 is 0 Å². The van der Waals surface area contributed by atoms with Crippen molar-refractivity contribution in [2.75, 3.05) is 0 Å². The predicted molar refractivity (Wildman–Crippen MR) is 80.0 cm³/mol. The van der Waals surface area contributed by atoms with Gasteiger partial charge in [-0.25, -0.2) is 4.79 Å². The lowest BCUT2D eigenvalue weighted by Crippen LogP contribution is -2.65. The maximum Gasteiger partial charge on any atom is 0.331 e. The van der Waals surface area contributed by atoms with Gasteiger partial charge in [-0.3, -0.25) is 4.79 Å². The first-order valence-electron chi connectivity index (χ1n) is 8.59. The van der Waals surface area contributed by atoms with Crippen molar-refractivity contribution in [3.05, 3.63) is 24.3 Å². The molecule has 7 nitrogen and oxygen atoms in total. The number of fused-ring (bicyclic) bond motifs is 4. The maximum absolute atomic E-state index is 12.7. The molecule has 2 saturated carbocycles. The quantitative estimate of drug-likeness (QED) is 0.401. The first kappa shape index (κ1) is 14.5. The fraction of sp³-hybridized carbons (Fsp3) is 0.667. The second-order valence-electron chi connectivity index (χ2n) is 8.36. The van der Waals surface area contributed by atoms with E-state index < -0.39 is 58.9 Å². The zero-order chi connectivity index (χ0) is 17.5. The van der Waals surface area contributed by atoms with E-state index in [-0.39, 0.29) is 12.0 Å². The number of carbonyl (C=O) groups excluding carboxylic acids is 2. The van der Waals surface area contributed by atoms with Crippen LogP contribution in [0.2, 0.25) is 0 Å². The Balaban J connectivity index is 1.62. The average molecular weight is 346 g/mol. The topological polar surface area (TPSA) is 97.9 Å². The molecule has 0 bridgehead atoms. The lowest BCUT2D eigenvalue weighted by atomic mass is 9.46. The van der Waals surface area contributed by atoms with Crippen LogP contribution in [0.25, 0.3) is 0 Å². The summed E-state index contributed by atoms with van der Waals surface area (Å²) in [4.78, 5) is 24.9. The van der Waals surface area contributed by atoms with E-state index in [1.165, 1.54) is 6.08 Å². The number of hydrogen-bond acceptors (Lipinski definition) is 7. The predicted octanol–water partition coefficient (Wildman–Crippen LogP) is -0.129. The molecule has 1 N–H and O–H groups in total. The highest BCUT2D eigenvalue weighted by Gasteiger charge is 2.88. The maximum atomic E-state index is 12.7. The Morgan fingerprint density at radius 3 is 2.64 bits per heavy atom. The molecule has 0 amide bonds. The summed E-state index contributed by atoms with van der Waals surface area (Å²) < 4.78 is 23.0. The van der Waals surface area contributed by atoms with Crippen LogP contribution in [0.4, 0.5) is 0 Å². The fourth-order valence-electron chi connectivity index (χ4n) is 6.34. The number of ether oxygens (including phenoxy) is 4. The summed E-state index contributed by atoms with van der Waals surface area (Å²) in [6.45, 7) is 7.51. The third-order valence-corrected chi connectivity index (χ3v) is 7.47. The Hall–Kier alpha value is -1.70. The molecular weight excluding hydrogens is 328 g/mol. The fourth-order valence-corrected chi connectivity index (χ4v) is 6.34. The molecule has 7 heteroatoms. The van der Waals surface area contributed by atoms with Crippen molar-refractivity contribution in [2.24, 2.45) is 16.7 Å². The molecule has 132 valence electrons. The van der Waals surface area contributed by atoms with Gasteiger partial charge in [0.2, 0.25) is 0 Å². The molecule has 3 saturated heterocycles. The van der Waals surface area contributed by atoms with Gasteiger partial charge in [-0.15, -0.1) is 0 Å². The molecule has 0 radical (unpaired) electrons. The minimum Gasteiger partial charge on any atom is -0.459 e. The molecule has 10 atom stereocenters. The Labute approximate surface area is 143 Å². The Bertz CT molecular complexity index is 803. The molecule has 6 rings (SSSR count). The number of cyclic esters (lactones) is 1. The first-order valence-corrected chi connectivity index (χ1v) is 8.59. The molecule has 6 aliphatic rings. The summed E-state index contributed by atoms with van der Waals surface area (Å²) in [5.74, 6) is -1.20. The van der Waals surface area contributed by atoms with Gasteiger partial charge in [0.05, 0.1) is 12.2 Å². The van der Waals surface area contributed by atoms with Crippen LogP contribution in [-0.2, 0) is 28.5 Å². The van der Waals surface area contributed by atoms with Gasteiger partial charge in [0, 0.05) is 17.4 Å². The molecule has 0 aromatic rings. The van der Waals surface area contributed by atoms with Gasteiger partial charge in [0.15, 0.2) is 11.7 Å². The van der Waals surface area contributed by atoms with Crippen LogP contribution in [0.15, 0.2) is 24.3 Å². The zero-order valence-electron chi connectivity index (χ0n) is 13.8.